The number of aliphatic carboxylic acids is 1. The highest BCUT2D eigenvalue weighted by Crippen LogP contribution is 2.19. The molecular formula is C6H6O4S2. The highest BCUT2D eigenvalue weighted by molar-refractivity contribution is 7.79. The lowest BCUT2D eigenvalue weighted by Crippen LogP contribution is -2.01. The van der Waals surface area contributed by atoms with Crippen molar-refractivity contribution >= 4 is 28.4 Å². The Kier molecular flexibility index (Phi) is 2.96. The molecule has 2 N–H and O–H groups in total. The van der Waals surface area contributed by atoms with Gasteiger partial charge in [-0.05, 0) is 11.4 Å². The van der Waals surface area contributed by atoms with Crippen molar-refractivity contribution < 1.29 is 18.7 Å². The van der Waals surface area contributed by atoms with Gasteiger partial charge in [-0.25, -0.2) is 4.21 Å². The third-order valence-electron chi connectivity index (χ3n) is 1.20. The van der Waals surface area contributed by atoms with E-state index in [1.165, 1.54) is 17.4 Å². The van der Waals surface area contributed by atoms with Crippen LogP contribution in [0.5, 0.6) is 0 Å². The van der Waals surface area contributed by atoms with E-state index in [1.54, 1.807) is 5.38 Å². The highest BCUT2D eigenvalue weighted by Gasteiger charge is 2.11. The average Bonchev–Trinajstić information content (AvgIpc) is 2.33. The van der Waals surface area contributed by atoms with Gasteiger partial charge in [0.15, 0.2) is 11.1 Å². The molecule has 0 bridgehead atoms. The Morgan fingerprint density at radius 1 is 1.67 bits per heavy atom. The Hall–Kier alpha value is -0.720. The molecule has 0 amide bonds. The van der Waals surface area contributed by atoms with Crippen LogP contribution in [0.2, 0.25) is 0 Å². The Bertz CT molecular complexity index is 317. The van der Waals surface area contributed by atoms with E-state index in [2.05, 4.69) is 0 Å². The zero-order chi connectivity index (χ0) is 9.14. The summed E-state index contributed by atoms with van der Waals surface area (Å²) in [6, 6.07) is 1.46. The van der Waals surface area contributed by atoms with Crippen molar-refractivity contribution in [3.05, 3.63) is 16.3 Å². The van der Waals surface area contributed by atoms with Crippen LogP contribution >= 0.6 is 11.3 Å². The molecule has 0 fully saturated rings. The number of carboxylic acid groups (broad SMARTS) is 1. The van der Waals surface area contributed by atoms with Crippen LogP contribution in [0.25, 0.3) is 0 Å². The summed E-state index contributed by atoms with van der Waals surface area (Å²) in [5.74, 6) is -0.996. The molecule has 4 nitrogen and oxygen atoms in total. The van der Waals surface area contributed by atoms with Crippen LogP contribution in [0.4, 0.5) is 0 Å². The standard InChI is InChI=1S/C6H6O4S2/c7-6(8)3-4-5(12(9)10)1-2-11-4/h1-2H,3H2,(H,7,8)(H,9,10). The number of carbonyl (C=O) groups is 1. The van der Waals surface area contributed by atoms with Crippen molar-refractivity contribution in [3.8, 4) is 0 Å². The third kappa shape index (κ3) is 2.13. The van der Waals surface area contributed by atoms with Gasteiger partial charge in [-0.1, -0.05) is 0 Å². The number of hydrogen-bond acceptors (Lipinski definition) is 3. The molecule has 1 rings (SSSR count). The fraction of sp³-hybridized carbons (Fsp3) is 0.167. The van der Waals surface area contributed by atoms with E-state index in [0.717, 1.165) is 0 Å². The Morgan fingerprint density at radius 2 is 2.33 bits per heavy atom. The molecule has 1 heterocycles. The Morgan fingerprint density at radius 3 is 2.83 bits per heavy atom. The molecule has 12 heavy (non-hydrogen) atoms. The van der Waals surface area contributed by atoms with Crippen molar-refractivity contribution in [3.63, 3.8) is 0 Å². The summed E-state index contributed by atoms with van der Waals surface area (Å²) in [5, 5.41) is 10.0. The van der Waals surface area contributed by atoms with E-state index in [4.69, 9.17) is 9.66 Å². The largest absolute Gasteiger partial charge is 0.481 e. The maximum absolute atomic E-state index is 10.6. The molecule has 0 saturated carbocycles. The van der Waals surface area contributed by atoms with Gasteiger partial charge in [-0.2, -0.15) is 0 Å². The fourth-order valence-corrected chi connectivity index (χ4v) is 2.41. The highest BCUT2D eigenvalue weighted by atomic mass is 32.2. The summed E-state index contributed by atoms with van der Waals surface area (Å²) in [5.41, 5.74) is 0. The predicted molar refractivity (Wildman–Crippen MR) is 44.7 cm³/mol. The molecule has 1 unspecified atom stereocenters. The maximum atomic E-state index is 10.6. The molecule has 0 radical (unpaired) electrons. The first-order valence-electron chi connectivity index (χ1n) is 3.00. The second-order valence-electron chi connectivity index (χ2n) is 2.03. The molecule has 0 aliphatic carbocycles. The molecule has 0 aromatic carbocycles. The monoisotopic (exact) mass is 206 g/mol. The maximum Gasteiger partial charge on any atom is 0.308 e. The second kappa shape index (κ2) is 3.79. The first kappa shape index (κ1) is 9.37. The van der Waals surface area contributed by atoms with Crippen LogP contribution in [0, 0.1) is 0 Å². The summed E-state index contributed by atoms with van der Waals surface area (Å²) >= 11 is -0.906. The lowest BCUT2D eigenvalue weighted by Gasteiger charge is -1.94. The summed E-state index contributed by atoms with van der Waals surface area (Å²) in [6.45, 7) is 0. The summed E-state index contributed by atoms with van der Waals surface area (Å²) in [6.07, 6.45) is -0.195. The van der Waals surface area contributed by atoms with E-state index in [1.807, 2.05) is 0 Å². The van der Waals surface area contributed by atoms with Gasteiger partial charge in [0.25, 0.3) is 0 Å². The molecule has 0 aliphatic heterocycles. The van der Waals surface area contributed by atoms with E-state index >= 15 is 0 Å². The lowest BCUT2D eigenvalue weighted by atomic mass is 10.3. The lowest BCUT2D eigenvalue weighted by molar-refractivity contribution is -0.136. The van der Waals surface area contributed by atoms with E-state index in [9.17, 15) is 9.00 Å². The van der Waals surface area contributed by atoms with E-state index in [0.29, 0.717) is 4.88 Å². The quantitative estimate of drug-likeness (QED) is 0.722. The molecule has 0 spiro atoms. The smallest absolute Gasteiger partial charge is 0.308 e. The van der Waals surface area contributed by atoms with Crippen LogP contribution in [-0.2, 0) is 22.3 Å². The van der Waals surface area contributed by atoms with Crippen molar-refractivity contribution in [1.82, 2.24) is 0 Å². The first-order valence-corrected chi connectivity index (χ1v) is 4.99. The zero-order valence-electron chi connectivity index (χ0n) is 5.89. The van der Waals surface area contributed by atoms with Crippen molar-refractivity contribution in [2.24, 2.45) is 0 Å². The zero-order valence-corrected chi connectivity index (χ0v) is 7.52. The van der Waals surface area contributed by atoms with Crippen molar-refractivity contribution in [1.29, 1.82) is 0 Å². The minimum absolute atomic E-state index is 0.195. The van der Waals surface area contributed by atoms with Gasteiger partial charge in [0, 0.05) is 4.88 Å². The first-order chi connectivity index (χ1) is 5.61. The fourth-order valence-electron chi connectivity index (χ4n) is 0.751. The molecule has 1 atom stereocenters. The number of carboxylic acids is 1. The van der Waals surface area contributed by atoms with Gasteiger partial charge in [-0.15, -0.1) is 11.3 Å². The van der Waals surface area contributed by atoms with Gasteiger partial charge in [0.1, 0.15) is 0 Å². The SMILES string of the molecule is O=C(O)Cc1sccc1S(=O)O. The predicted octanol–water partition coefficient (Wildman–Crippen LogP) is 0.956. The normalized spacial score (nSPS) is 12.8. The average molecular weight is 206 g/mol. The molecule has 1 aromatic rings. The third-order valence-corrected chi connectivity index (χ3v) is 3.01. The van der Waals surface area contributed by atoms with Gasteiger partial charge >= 0.3 is 5.97 Å². The van der Waals surface area contributed by atoms with E-state index in [-0.39, 0.29) is 11.3 Å². The second-order valence-corrected chi connectivity index (χ2v) is 3.97. The topological polar surface area (TPSA) is 74.6 Å². The Balaban J connectivity index is 2.91. The van der Waals surface area contributed by atoms with Crippen LogP contribution in [0.1, 0.15) is 4.88 Å². The Labute approximate surface area is 75.1 Å². The van der Waals surface area contributed by atoms with E-state index < -0.39 is 17.0 Å². The summed E-state index contributed by atoms with van der Waals surface area (Å²) in [7, 11) is 0. The van der Waals surface area contributed by atoms with Crippen LogP contribution in [0.3, 0.4) is 0 Å². The van der Waals surface area contributed by atoms with Crippen molar-refractivity contribution in [2.45, 2.75) is 11.3 Å². The van der Waals surface area contributed by atoms with Crippen LogP contribution < -0.4 is 0 Å². The van der Waals surface area contributed by atoms with Crippen LogP contribution in [0.15, 0.2) is 16.3 Å². The van der Waals surface area contributed by atoms with Gasteiger partial charge in [0.2, 0.25) is 0 Å². The van der Waals surface area contributed by atoms with Gasteiger partial charge in [0.05, 0.1) is 11.3 Å². The molecule has 1 aromatic heterocycles. The molecule has 0 saturated heterocycles. The number of thiophene rings is 1. The van der Waals surface area contributed by atoms with Crippen molar-refractivity contribution in [2.75, 3.05) is 0 Å². The van der Waals surface area contributed by atoms with Gasteiger partial charge in [-0.3, -0.25) is 4.79 Å². The van der Waals surface area contributed by atoms with Gasteiger partial charge < -0.3 is 9.66 Å². The minimum Gasteiger partial charge on any atom is -0.481 e. The molecular weight excluding hydrogens is 200 g/mol. The summed E-state index contributed by atoms with van der Waals surface area (Å²) < 4.78 is 19.3. The summed E-state index contributed by atoms with van der Waals surface area (Å²) in [4.78, 5) is 10.9. The van der Waals surface area contributed by atoms with Crippen LogP contribution in [-0.4, -0.2) is 19.8 Å². The number of hydrogen-bond donors (Lipinski definition) is 2. The number of rotatable bonds is 3. The minimum atomic E-state index is -2.08. The molecule has 66 valence electrons. The molecule has 0 aliphatic rings. The molecule has 6 heteroatoms.